The molecule has 13 heavy (non-hydrogen) atoms. The summed E-state index contributed by atoms with van der Waals surface area (Å²) in [5.74, 6) is 1.18. The van der Waals surface area contributed by atoms with Gasteiger partial charge in [0.15, 0.2) is 11.6 Å². The van der Waals surface area contributed by atoms with Crippen LogP contribution in [0.5, 0.6) is 0 Å². The Balaban J connectivity index is 0.000000671. The Labute approximate surface area is 79.0 Å². The van der Waals surface area contributed by atoms with Crippen LogP contribution in [0, 0.1) is 0 Å². The Morgan fingerprint density at radius 3 is 2.31 bits per heavy atom. The van der Waals surface area contributed by atoms with Crippen LogP contribution in [0.3, 0.4) is 0 Å². The molecule has 0 radical (unpaired) electrons. The molecule has 74 valence electrons. The highest BCUT2D eigenvalue weighted by molar-refractivity contribution is 5.91. The zero-order valence-electron chi connectivity index (χ0n) is 8.88. The monoisotopic (exact) mass is 183 g/mol. The molecule has 4 heteroatoms. The van der Waals surface area contributed by atoms with E-state index in [4.69, 9.17) is 0 Å². The second-order valence-electron chi connectivity index (χ2n) is 2.37. The molecule has 0 amide bonds. The number of aromatic nitrogens is 2. The van der Waals surface area contributed by atoms with Crippen LogP contribution in [0.2, 0.25) is 0 Å². The van der Waals surface area contributed by atoms with Gasteiger partial charge in [0.25, 0.3) is 0 Å². The highest BCUT2D eigenvalue weighted by atomic mass is 16.1. The molecule has 0 bridgehead atoms. The first-order chi connectivity index (χ1) is 6.15. The summed E-state index contributed by atoms with van der Waals surface area (Å²) in [6.07, 6.45) is 1.77. The van der Waals surface area contributed by atoms with E-state index >= 15 is 0 Å². The lowest BCUT2D eigenvalue weighted by molar-refractivity contribution is 0.100. The smallest absolute Gasteiger partial charge is 0.195 e. The number of aryl methyl sites for hydroxylation is 1. The first kappa shape index (κ1) is 11.7. The van der Waals surface area contributed by atoms with E-state index in [-0.39, 0.29) is 5.78 Å². The van der Waals surface area contributed by atoms with Crippen LogP contribution in [0.4, 0.5) is 5.82 Å². The summed E-state index contributed by atoms with van der Waals surface area (Å²) in [6, 6.07) is 0. The largest absolute Gasteiger partial charge is 0.372 e. The molecule has 1 rings (SSSR count). The maximum Gasteiger partial charge on any atom is 0.195 e. The summed E-state index contributed by atoms with van der Waals surface area (Å²) in [7, 11) is 3.57. The molecule has 1 N–H and O–H groups in total. The van der Waals surface area contributed by atoms with Gasteiger partial charge in [0.1, 0.15) is 5.82 Å². The molecule has 1 aromatic rings. The predicted octanol–water partition coefficient (Wildman–Crippen LogP) is 1.69. The van der Waals surface area contributed by atoms with Crippen LogP contribution in [0.25, 0.3) is 0 Å². The van der Waals surface area contributed by atoms with Crippen molar-refractivity contribution in [1.29, 1.82) is 0 Å². The Morgan fingerprint density at radius 1 is 1.54 bits per heavy atom. The van der Waals surface area contributed by atoms with Crippen molar-refractivity contribution in [3.8, 4) is 0 Å². The summed E-state index contributed by atoms with van der Waals surface area (Å²) in [5, 5.41) is 2.86. The van der Waals surface area contributed by atoms with Gasteiger partial charge >= 0.3 is 0 Å². The van der Waals surface area contributed by atoms with E-state index in [0.29, 0.717) is 5.82 Å². The third kappa shape index (κ3) is 2.89. The average Bonchev–Trinajstić information content (AvgIpc) is 2.50. The SMILES string of the molecule is CC.CNc1cn(C)c(C(C)=O)n1. The standard InChI is InChI=1S/C7H11N3O.C2H6/c1-5(11)7-9-6(8-2)4-10(7)3;1-2/h4,8H,1-3H3;1-2H3. The fourth-order valence-corrected chi connectivity index (χ4v) is 0.914. The average molecular weight is 183 g/mol. The highest BCUT2D eigenvalue weighted by Gasteiger charge is 2.07. The van der Waals surface area contributed by atoms with Crippen molar-refractivity contribution < 1.29 is 4.79 Å². The number of hydrogen-bond donors (Lipinski definition) is 1. The molecule has 0 aliphatic heterocycles. The van der Waals surface area contributed by atoms with Gasteiger partial charge in [-0.2, -0.15) is 0 Å². The van der Waals surface area contributed by atoms with E-state index in [1.807, 2.05) is 13.8 Å². The maximum atomic E-state index is 10.9. The third-order valence-electron chi connectivity index (χ3n) is 1.45. The van der Waals surface area contributed by atoms with Crippen molar-refractivity contribution >= 4 is 11.6 Å². The Bertz CT molecular complexity index is 278. The number of nitrogens with zero attached hydrogens (tertiary/aromatic N) is 2. The number of carbonyl (C=O) groups excluding carboxylic acids is 1. The normalized spacial score (nSPS) is 8.69. The van der Waals surface area contributed by atoms with Crippen LogP contribution >= 0.6 is 0 Å². The summed E-state index contributed by atoms with van der Waals surface area (Å²) in [4.78, 5) is 14.9. The van der Waals surface area contributed by atoms with E-state index in [1.165, 1.54) is 6.92 Å². The van der Waals surface area contributed by atoms with Crippen LogP contribution in [0.15, 0.2) is 6.20 Å². The highest BCUT2D eigenvalue weighted by Crippen LogP contribution is 2.05. The molecule has 0 unspecified atom stereocenters. The van der Waals surface area contributed by atoms with Gasteiger partial charge in [-0.1, -0.05) is 13.8 Å². The Morgan fingerprint density at radius 2 is 2.08 bits per heavy atom. The van der Waals surface area contributed by atoms with E-state index in [0.717, 1.165) is 5.82 Å². The Hall–Kier alpha value is -1.32. The molecular formula is C9H17N3O. The van der Waals surface area contributed by atoms with E-state index in [9.17, 15) is 4.79 Å². The molecule has 0 spiro atoms. The van der Waals surface area contributed by atoms with E-state index in [1.54, 1.807) is 24.9 Å². The number of anilines is 1. The third-order valence-corrected chi connectivity index (χ3v) is 1.45. The van der Waals surface area contributed by atoms with Gasteiger partial charge in [0.2, 0.25) is 0 Å². The number of nitrogens with one attached hydrogen (secondary N) is 1. The lowest BCUT2D eigenvalue weighted by atomic mass is 10.4. The summed E-state index contributed by atoms with van der Waals surface area (Å²) < 4.78 is 1.70. The molecule has 4 nitrogen and oxygen atoms in total. The lowest BCUT2D eigenvalue weighted by Gasteiger charge is -1.91. The van der Waals surface area contributed by atoms with Crippen molar-refractivity contribution in [2.75, 3.05) is 12.4 Å². The molecule has 0 saturated heterocycles. The quantitative estimate of drug-likeness (QED) is 0.710. The van der Waals surface area contributed by atoms with Gasteiger partial charge < -0.3 is 9.88 Å². The van der Waals surface area contributed by atoms with Crippen LogP contribution < -0.4 is 5.32 Å². The minimum absolute atomic E-state index is 0.0194. The predicted molar refractivity (Wildman–Crippen MR) is 54.1 cm³/mol. The van der Waals surface area contributed by atoms with Crippen molar-refractivity contribution in [2.45, 2.75) is 20.8 Å². The van der Waals surface area contributed by atoms with Crippen molar-refractivity contribution in [2.24, 2.45) is 7.05 Å². The van der Waals surface area contributed by atoms with Crippen molar-refractivity contribution in [3.05, 3.63) is 12.0 Å². The molecule has 0 fully saturated rings. The van der Waals surface area contributed by atoms with Crippen molar-refractivity contribution in [3.63, 3.8) is 0 Å². The zero-order chi connectivity index (χ0) is 10.4. The number of rotatable bonds is 2. The topological polar surface area (TPSA) is 46.9 Å². The van der Waals surface area contributed by atoms with Gasteiger partial charge in [-0.05, 0) is 0 Å². The minimum atomic E-state index is -0.0194. The molecule has 0 aliphatic carbocycles. The van der Waals surface area contributed by atoms with Crippen LogP contribution in [-0.4, -0.2) is 22.4 Å². The van der Waals surface area contributed by atoms with E-state index < -0.39 is 0 Å². The lowest BCUT2D eigenvalue weighted by Crippen LogP contribution is -2.02. The summed E-state index contributed by atoms with van der Waals surface area (Å²) in [6.45, 7) is 5.50. The van der Waals surface area contributed by atoms with Gasteiger partial charge in [-0.15, -0.1) is 0 Å². The Kier molecular flexibility index (Phi) is 4.80. The second kappa shape index (κ2) is 5.35. The van der Waals surface area contributed by atoms with Crippen molar-refractivity contribution in [1.82, 2.24) is 9.55 Å². The summed E-state index contributed by atoms with van der Waals surface area (Å²) in [5.41, 5.74) is 0. The molecule has 1 heterocycles. The second-order valence-corrected chi connectivity index (χ2v) is 2.37. The van der Waals surface area contributed by atoms with Gasteiger partial charge in [-0.25, -0.2) is 4.98 Å². The maximum absolute atomic E-state index is 10.9. The van der Waals surface area contributed by atoms with Gasteiger partial charge in [-0.3, -0.25) is 4.79 Å². The molecule has 0 saturated carbocycles. The number of hydrogen-bond acceptors (Lipinski definition) is 3. The first-order valence-electron chi connectivity index (χ1n) is 4.37. The fourth-order valence-electron chi connectivity index (χ4n) is 0.914. The fraction of sp³-hybridized carbons (Fsp3) is 0.556. The molecule has 0 aliphatic rings. The number of ketones is 1. The molecule has 1 aromatic heterocycles. The first-order valence-corrected chi connectivity index (χ1v) is 4.37. The van der Waals surface area contributed by atoms with Gasteiger partial charge in [0.05, 0.1) is 0 Å². The zero-order valence-corrected chi connectivity index (χ0v) is 8.88. The van der Waals surface area contributed by atoms with Gasteiger partial charge in [0, 0.05) is 27.2 Å². The molecular weight excluding hydrogens is 166 g/mol. The van der Waals surface area contributed by atoms with E-state index in [2.05, 4.69) is 10.3 Å². The number of Topliss-reactive ketones (excluding diaryl/α,β-unsaturated/α-hetero) is 1. The minimum Gasteiger partial charge on any atom is -0.372 e. The molecule has 0 aromatic carbocycles. The molecule has 0 atom stereocenters. The summed E-state index contributed by atoms with van der Waals surface area (Å²) >= 11 is 0. The number of carbonyl (C=O) groups is 1. The number of imidazole rings is 1. The van der Waals surface area contributed by atoms with Crippen LogP contribution in [0.1, 0.15) is 31.4 Å². The van der Waals surface area contributed by atoms with Crippen LogP contribution in [-0.2, 0) is 7.05 Å².